The highest BCUT2D eigenvalue weighted by Gasteiger charge is 2.28. The molecule has 4 rings (SSSR count). The lowest BCUT2D eigenvalue weighted by molar-refractivity contribution is -0.136. The Kier molecular flexibility index (Phi) is 6.69. The summed E-state index contributed by atoms with van der Waals surface area (Å²) in [5.41, 5.74) is 6.98. The Bertz CT molecular complexity index is 1120. The van der Waals surface area contributed by atoms with E-state index in [2.05, 4.69) is 0 Å². The van der Waals surface area contributed by atoms with E-state index < -0.39 is 23.9 Å². The number of benzene rings is 3. The van der Waals surface area contributed by atoms with Gasteiger partial charge in [0.1, 0.15) is 11.8 Å². The first-order chi connectivity index (χ1) is 14.5. The van der Waals surface area contributed by atoms with Gasteiger partial charge in [-0.3, -0.25) is 0 Å². The van der Waals surface area contributed by atoms with Gasteiger partial charge in [0.05, 0.1) is 11.1 Å². The van der Waals surface area contributed by atoms with Crippen LogP contribution < -0.4 is 19.9 Å². The smallest absolute Gasteiger partial charge is 0.343 e. The predicted molar refractivity (Wildman–Crippen MR) is 114 cm³/mol. The van der Waals surface area contributed by atoms with Crippen molar-refractivity contribution in [3.63, 3.8) is 0 Å². The van der Waals surface area contributed by atoms with E-state index in [9.17, 15) is 14.4 Å². The summed E-state index contributed by atoms with van der Waals surface area (Å²) in [6.45, 7) is 0. The fourth-order valence-corrected chi connectivity index (χ4v) is 2.97. The van der Waals surface area contributed by atoms with E-state index >= 15 is 0 Å². The number of hydrogen-bond acceptors (Lipinski definition) is 7. The van der Waals surface area contributed by atoms with Crippen LogP contribution in [0.4, 0.5) is 0 Å². The molecule has 0 radical (unpaired) electrons. The maximum atomic E-state index is 12.5. The molecule has 3 aromatic rings. The largest absolute Gasteiger partial charge is 0.425 e. The minimum atomic E-state index is -0.826. The zero-order valence-corrected chi connectivity index (χ0v) is 17.0. The van der Waals surface area contributed by atoms with Crippen LogP contribution in [0.25, 0.3) is 0 Å². The van der Waals surface area contributed by atoms with Crippen molar-refractivity contribution < 1.29 is 28.6 Å². The van der Waals surface area contributed by atoms with Crippen LogP contribution in [0.2, 0.25) is 0 Å². The lowest BCUT2D eigenvalue weighted by atomic mass is 10.0. The monoisotopic (exact) mass is 439 g/mol. The third-order valence-electron chi connectivity index (χ3n) is 4.50. The van der Waals surface area contributed by atoms with Crippen molar-refractivity contribution in [1.82, 2.24) is 0 Å². The highest BCUT2D eigenvalue weighted by atomic mass is 35.5. The van der Waals surface area contributed by atoms with Crippen LogP contribution >= 0.6 is 12.4 Å². The third kappa shape index (κ3) is 4.91. The van der Waals surface area contributed by atoms with Gasteiger partial charge in [-0.2, -0.15) is 0 Å². The Morgan fingerprint density at radius 3 is 1.84 bits per heavy atom. The number of esters is 3. The molecule has 3 aromatic carbocycles. The number of hydrogen-bond donors (Lipinski definition) is 1. The average Bonchev–Trinajstić information content (AvgIpc) is 2.76. The molecule has 0 bridgehead atoms. The second-order valence-electron chi connectivity index (χ2n) is 6.65. The van der Waals surface area contributed by atoms with Crippen molar-refractivity contribution in [3.8, 4) is 17.2 Å². The predicted octanol–water partition coefficient (Wildman–Crippen LogP) is 3.34. The molecular weight excluding hydrogens is 422 g/mol. The number of rotatable bonds is 4. The van der Waals surface area contributed by atoms with Crippen LogP contribution in [0.1, 0.15) is 26.3 Å². The molecule has 1 unspecified atom stereocenters. The molecule has 1 heterocycles. The summed E-state index contributed by atoms with van der Waals surface area (Å²) in [7, 11) is 0. The van der Waals surface area contributed by atoms with Gasteiger partial charge in [-0.05, 0) is 30.3 Å². The molecular formula is C23H18ClNO6. The first kappa shape index (κ1) is 22.0. The number of carbonyl (C=O) groups is 3. The second kappa shape index (κ2) is 9.42. The van der Waals surface area contributed by atoms with Crippen LogP contribution in [0, 0.1) is 0 Å². The lowest BCUT2D eigenvalue weighted by Gasteiger charge is -2.22. The molecule has 1 aliphatic heterocycles. The van der Waals surface area contributed by atoms with Crippen LogP contribution in [0.3, 0.4) is 0 Å². The number of ether oxygens (including phenoxy) is 3. The molecule has 0 saturated carbocycles. The SMILES string of the molecule is Cl.NC1Cc2cc(OC(=O)c3ccccc3)c(OC(=O)c3ccccc3)cc2OC1=O. The number of carbonyl (C=O) groups excluding carboxylic acids is 3. The van der Waals surface area contributed by atoms with E-state index in [4.69, 9.17) is 19.9 Å². The Morgan fingerprint density at radius 1 is 0.839 bits per heavy atom. The Labute approximate surface area is 184 Å². The Morgan fingerprint density at radius 2 is 1.32 bits per heavy atom. The fourth-order valence-electron chi connectivity index (χ4n) is 2.97. The maximum absolute atomic E-state index is 12.5. The zero-order chi connectivity index (χ0) is 21.1. The van der Waals surface area contributed by atoms with Crippen molar-refractivity contribution in [2.45, 2.75) is 12.5 Å². The molecule has 0 aromatic heterocycles. The van der Waals surface area contributed by atoms with Gasteiger partial charge < -0.3 is 19.9 Å². The molecule has 2 N–H and O–H groups in total. The number of fused-ring (bicyclic) bond motifs is 1. The van der Waals surface area contributed by atoms with Gasteiger partial charge in [0.2, 0.25) is 0 Å². The molecule has 31 heavy (non-hydrogen) atoms. The van der Waals surface area contributed by atoms with Gasteiger partial charge >= 0.3 is 17.9 Å². The summed E-state index contributed by atoms with van der Waals surface area (Å²) in [6.07, 6.45) is 0.205. The van der Waals surface area contributed by atoms with Crippen LogP contribution in [-0.4, -0.2) is 23.9 Å². The van der Waals surface area contributed by atoms with E-state index in [1.165, 1.54) is 12.1 Å². The molecule has 0 aliphatic carbocycles. The fraction of sp³-hybridized carbons (Fsp3) is 0.0870. The van der Waals surface area contributed by atoms with Gasteiger partial charge in [0.15, 0.2) is 11.5 Å². The molecule has 1 atom stereocenters. The maximum Gasteiger partial charge on any atom is 0.343 e. The average molecular weight is 440 g/mol. The first-order valence-electron chi connectivity index (χ1n) is 9.20. The molecule has 0 amide bonds. The topological polar surface area (TPSA) is 105 Å². The highest BCUT2D eigenvalue weighted by molar-refractivity contribution is 5.93. The summed E-state index contributed by atoms with van der Waals surface area (Å²) in [4.78, 5) is 36.9. The molecule has 1 aliphatic rings. The number of nitrogens with two attached hydrogens (primary N) is 1. The van der Waals surface area contributed by atoms with Crippen molar-refractivity contribution in [2.24, 2.45) is 5.73 Å². The lowest BCUT2D eigenvalue weighted by Crippen LogP contribution is -2.39. The molecule has 0 spiro atoms. The van der Waals surface area contributed by atoms with Crippen LogP contribution in [0.5, 0.6) is 17.2 Å². The first-order valence-corrected chi connectivity index (χ1v) is 9.20. The second-order valence-corrected chi connectivity index (χ2v) is 6.65. The summed E-state index contributed by atoms with van der Waals surface area (Å²) >= 11 is 0. The summed E-state index contributed by atoms with van der Waals surface area (Å²) in [6, 6.07) is 18.8. The van der Waals surface area contributed by atoms with Gasteiger partial charge in [-0.25, -0.2) is 14.4 Å². The van der Waals surface area contributed by atoms with Gasteiger partial charge in [0, 0.05) is 18.1 Å². The van der Waals surface area contributed by atoms with Crippen LogP contribution in [-0.2, 0) is 11.2 Å². The summed E-state index contributed by atoms with van der Waals surface area (Å²) in [5.74, 6) is -1.67. The summed E-state index contributed by atoms with van der Waals surface area (Å²) in [5, 5.41) is 0. The molecule has 0 fully saturated rings. The third-order valence-corrected chi connectivity index (χ3v) is 4.50. The van der Waals surface area contributed by atoms with Crippen molar-refractivity contribution in [3.05, 3.63) is 89.5 Å². The van der Waals surface area contributed by atoms with E-state index in [1.54, 1.807) is 60.7 Å². The molecule has 8 heteroatoms. The quantitative estimate of drug-likeness (QED) is 0.491. The highest BCUT2D eigenvalue weighted by Crippen LogP contribution is 2.38. The summed E-state index contributed by atoms with van der Waals surface area (Å²) < 4.78 is 16.2. The minimum absolute atomic E-state index is 0. The van der Waals surface area contributed by atoms with E-state index in [0.29, 0.717) is 16.7 Å². The Balaban J connectivity index is 0.00000272. The number of halogens is 1. The standard InChI is InChI=1S/C23H17NO6.ClH/c24-17-11-16-12-19(29-21(25)14-7-3-1-4-8-14)20(13-18(16)28-23(17)27)30-22(26)15-9-5-2-6-10-15;/h1-10,12-13,17H,11,24H2;1H. The van der Waals surface area contributed by atoms with Gasteiger partial charge in [-0.1, -0.05) is 36.4 Å². The van der Waals surface area contributed by atoms with Gasteiger partial charge in [0.25, 0.3) is 0 Å². The molecule has 158 valence electrons. The zero-order valence-electron chi connectivity index (χ0n) is 16.1. The van der Waals surface area contributed by atoms with E-state index in [1.807, 2.05) is 0 Å². The van der Waals surface area contributed by atoms with Gasteiger partial charge in [-0.15, -0.1) is 12.4 Å². The van der Waals surface area contributed by atoms with Crippen molar-refractivity contribution in [2.75, 3.05) is 0 Å². The van der Waals surface area contributed by atoms with Crippen molar-refractivity contribution >= 4 is 30.3 Å². The van der Waals surface area contributed by atoms with E-state index in [0.717, 1.165) is 0 Å². The minimum Gasteiger partial charge on any atom is -0.425 e. The van der Waals surface area contributed by atoms with Crippen LogP contribution in [0.15, 0.2) is 72.8 Å². The van der Waals surface area contributed by atoms with Crippen molar-refractivity contribution in [1.29, 1.82) is 0 Å². The molecule has 0 saturated heterocycles. The Hall–Kier alpha value is -3.68. The molecule has 7 nitrogen and oxygen atoms in total. The van der Waals surface area contributed by atoms with E-state index in [-0.39, 0.29) is 36.1 Å². The normalized spacial score (nSPS) is 14.5.